The number of aliphatic hydroxyl groups is 1. The normalized spacial score (nSPS) is 18.0. The number of hydrogen-bond donors (Lipinski definition) is 1. The van der Waals surface area contributed by atoms with E-state index in [0.29, 0.717) is 44.2 Å². The van der Waals surface area contributed by atoms with Crippen molar-refractivity contribution in [2.24, 2.45) is 0 Å². The molecule has 1 aliphatic heterocycles. The summed E-state index contributed by atoms with van der Waals surface area (Å²) in [6.07, 6.45) is -0.470. The topological polar surface area (TPSA) is 70.1 Å². The highest BCUT2D eigenvalue weighted by Crippen LogP contribution is 2.31. The first kappa shape index (κ1) is 23.3. The van der Waals surface area contributed by atoms with Crippen molar-refractivity contribution < 1.29 is 18.3 Å². The Hall–Kier alpha value is -0.990. The van der Waals surface area contributed by atoms with Crippen LogP contribution in [0.4, 0.5) is 0 Å². The minimum atomic E-state index is -3.54. The summed E-state index contributed by atoms with van der Waals surface area (Å²) in [6, 6.07) is 0. The Kier molecular flexibility index (Phi) is 7.67. The van der Waals surface area contributed by atoms with E-state index in [1.165, 1.54) is 0 Å². The molecule has 28 heavy (non-hydrogen) atoms. The molecule has 1 unspecified atom stereocenters. The monoisotopic (exact) mass is 412 g/mol. The molecule has 1 fully saturated rings. The van der Waals surface area contributed by atoms with E-state index in [2.05, 4.69) is 4.90 Å². The molecule has 1 aliphatic rings. The van der Waals surface area contributed by atoms with Gasteiger partial charge in [0.2, 0.25) is 10.0 Å². The molecule has 0 bridgehead atoms. The third-order valence-electron chi connectivity index (χ3n) is 5.95. The average Bonchev–Trinajstić information content (AvgIpc) is 2.63. The second-order valence-corrected chi connectivity index (χ2v) is 10.1. The third kappa shape index (κ3) is 4.94. The Morgan fingerprint density at radius 1 is 0.893 bits per heavy atom. The van der Waals surface area contributed by atoms with Crippen molar-refractivity contribution in [2.45, 2.75) is 65.6 Å². The summed E-state index contributed by atoms with van der Waals surface area (Å²) in [5.74, 6) is 0. The van der Waals surface area contributed by atoms with Crippen molar-refractivity contribution in [3.05, 3.63) is 27.8 Å². The molecule has 0 amide bonds. The van der Waals surface area contributed by atoms with E-state index in [1.807, 2.05) is 48.5 Å². The summed E-state index contributed by atoms with van der Waals surface area (Å²) >= 11 is 0. The third-order valence-corrected chi connectivity index (χ3v) is 8.12. The fourth-order valence-electron chi connectivity index (χ4n) is 3.79. The van der Waals surface area contributed by atoms with Crippen LogP contribution < -0.4 is 0 Å². The smallest absolute Gasteiger partial charge is 0.243 e. The molecule has 160 valence electrons. The number of aliphatic hydroxyl groups excluding tert-OH is 1. The van der Waals surface area contributed by atoms with Crippen LogP contribution in [-0.2, 0) is 14.8 Å². The lowest BCUT2D eigenvalue weighted by Crippen LogP contribution is -2.51. The Labute approximate surface area is 170 Å². The molecule has 1 aromatic rings. The number of nitrogens with zero attached hydrogens (tertiary/aromatic N) is 2. The fourth-order valence-corrected chi connectivity index (χ4v) is 5.77. The van der Waals surface area contributed by atoms with E-state index in [4.69, 9.17) is 4.74 Å². The molecule has 1 N–H and O–H groups in total. The van der Waals surface area contributed by atoms with E-state index >= 15 is 0 Å². The van der Waals surface area contributed by atoms with E-state index in [1.54, 1.807) is 4.31 Å². The minimum absolute atomic E-state index is 0.0875. The van der Waals surface area contributed by atoms with Gasteiger partial charge in [-0.25, -0.2) is 8.42 Å². The van der Waals surface area contributed by atoms with E-state index < -0.39 is 16.1 Å². The lowest BCUT2D eigenvalue weighted by molar-refractivity contribution is -0.0117. The highest BCUT2D eigenvalue weighted by Gasteiger charge is 2.32. The first-order chi connectivity index (χ1) is 13.0. The summed E-state index contributed by atoms with van der Waals surface area (Å²) in [4.78, 5) is 2.57. The summed E-state index contributed by atoms with van der Waals surface area (Å²) in [6.45, 7) is 16.6. The van der Waals surface area contributed by atoms with Gasteiger partial charge in [0, 0.05) is 32.7 Å². The highest BCUT2D eigenvalue weighted by atomic mass is 32.2. The Balaban J connectivity index is 2.10. The minimum Gasteiger partial charge on any atom is -0.389 e. The second-order valence-electron chi connectivity index (χ2n) is 8.19. The van der Waals surface area contributed by atoms with Gasteiger partial charge in [0.25, 0.3) is 0 Å². The van der Waals surface area contributed by atoms with Gasteiger partial charge in [-0.15, -0.1) is 0 Å². The Morgan fingerprint density at radius 2 is 1.36 bits per heavy atom. The number of rotatable bonds is 7. The first-order valence-corrected chi connectivity index (χ1v) is 11.5. The zero-order chi connectivity index (χ0) is 21.2. The van der Waals surface area contributed by atoms with Gasteiger partial charge < -0.3 is 9.84 Å². The van der Waals surface area contributed by atoms with Crippen LogP contribution >= 0.6 is 0 Å². The fraction of sp³-hybridized carbons (Fsp3) is 0.714. The maximum absolute atomic E-state index is 13.4. The quantitative estimate of drug-likeness (QED) is 0.744. The van der Waals surface area contributed by atoms with Crippen molar-refractivity contribution in [3.8, 4) is 0 Å². The maximum Gasteiger partial charge on any atom is 0.243 e. The molecule has 1 atom stereocenters. The molecular formula is C21H36N2O4S. The van der Waals surface area contributed by atoms with Crippen molar-refractivity contribution in [1.29, 1.82) is 0 Å². The van der Waals surface area contributed by atoms with Gasteiger partial charge in [0.1, 0.15) is 0 Å². The summed E-state index contributed by atoms with van der Waals surface area (Å²) < 4.78 is 33.8. The van der Waals surface area contributed by atoms with Gasteiger partial charge in [-0.3, -0.25) is 4.90 Å². The number of benzene rings is 1. The molecule has 1 aromatic carbocycles. The van der Waals surface area contributed by atoms with Crippen LogP contribution in [0, 0.1) is 34.6 Å². The molecular weight excluding hydrogens is 376 g/mol. The maximum atomic E-state index is 13.4. The largest absolute Gasteiger partial charge is 0.389 e. The molecule has 0 aliphatic carbocycles. The van der Waals surface area contributed by atoms with Crippen LogP contribution in [0.15, 0.2) is 4.90 Å². The van der Waals surface area contributed by atoms with Gasteiger partial charge in [0.15, 0.2) is 0 Å². The predicted molar refractivity (Wildman–Crippen MR) is 112 cm³/mol. The van der Waals surface area contributed by atoms with Gasteiger partial charge in [-0.05, 0) is 76.3 Å². The SMILES string of the molecule is Cc1c(C)c(C)c(S(=O)(=O)N2CCN(CC(O)COC(C)C)CC2)c(C)c1C. The lowest BCUT2D eigenvalue weighted by atomic mass is 9.95. The molecule has 1 saturated heterocycles. The Bertz CT molecular complexity index is 768. The first-order valence-electron chi connectivity index (χ1n) is 10.1. The van der Waals surface area contributed by atoms with E-state index in [-0.39, 0.29) is 6.10 Å². The summed E-state index contributed by atoms with van der Waals surface area (Å²) in [7, 11) is -3.54. The van der Waals surface area contributed by atoms with E-state index in [9.17, 15) is 13.5 Å². The van der Waals surface area contributed by atoms with Crippen molar-refractivity contribution in [2.75, 3.05) is 39.3 Å². The van der Waals surface area contributed by atoms with Crippen LogP contribution in [-0.4, -0.2) is 74.3 Å². The molecule has 6 nitrogen and oxygen atoms in total. The summed E-state index contributed by atoms with van der Waals surface area (Å²) in [5, 5.41) is 10.1. The highest BCUT2D eigenvalue weighted by molar-refractivity contribution is 7.89. The van der Waals surface area contributed by atoms with Crippen LogP contribution in [0.2, 0.25) is 0 Å². The average molecular weight is 413 g/mol. The van der Waals surface area contributed by atoms with Crippen molar-refractivity contribution >= 4 is 10.0 Å². The predicted octanol–water partition coefficient (Wildman–Crippen LogP) is 2.32. The van der Waals surface area contributed by atoms with Crippen LogP contribution in [0.5, 0.6) is 0 Å². The van der Waals surface area contributed by atoms with Crippen LogP contribution in [0.25, 0.3) is 0 Å². The molecule has 0 radical (unpaired) electrons. The van der Waals surface area contributed by atoms with E-state index in [0.717, 1.165) is 27.8 Å². The molecule has 0 saturated carbocycles. The summed E-state index contributed by atoms with van der Waals surface area (Å²) in [5.41, 5.74) is 4.96. The number of piperazine rings is 1. The lowest BCUT2D eigenvalue weighted by Gasteiger charge is -2.35. The van der Waals surface area contributed by atoms with Crippen LogP contribution in [0.1, 0.15) is 41.7 Å². The number of hydrogen-bond acceptors (Lipinski definition) is 5. The molecule has 0 spiro atoms. The standard InChI is InChI=1S/C21H36N2O4S/c1-14(2)27-13-20(24)12-22-8-10-23(11-9-22)28(25,26)21-18(6)16(4)15(3)17(5)19(21)7/h14,20,24H,8-13H2,1-7H3. The van der Waals surface area contributed by atoms with Gasteiger partial charge in [-0.1, -0.05) is 0 Å². The van der Waals surface area contributed by atoms with Gasteiger partial charge in [0.05, 0.1) is 23.7 Å². The van der Waals surface area contributed by atoms with Crippen molar-refractivity contribution in [1.82, 2.24) is 9.21 Å². The Morgan fingerprint density at radius 3 is 1.82 bits per heavy atom. The molecule has 0 aromatic heterocycles. The second kappa shape index (κ2) is 9.22. The van der Waals surface area contributed by atoms with Gasteiger partial charge in [-0.2, -0.15) is 4.31 Å². The zero-order valence-corrected chi connectivity index (χ0v) is 19.2. The number of sulfonamides is 1. The van der Waals surface area contributed by atoms with Crippen LogP contribution in [0.3, 0.4) is 0 Å². The zero-order valence-electron chi connectivity index (χ0n) is 18.4. The van der Waals surface area contributed by atoms with Gasteiger partial charge >= 0.3 is 0 Å². The molecule has 7 heteroatoms. The number of β-amino-alcohol motifs (C(OH)–C–C–N with tert-alkyl or cyclic N) is 1. The van der Waals surface area contributed by atoms with Crippen molar-refractivity contribution in [3.63, 3.8) is 0 Å². The molecule has 1 heterocycles. The molecule has 2 rings (SSSR count). The number of ether oxygens (including phenoxy) is 1.